The average molecular weight is 506 g/mol. The first-order valence-corrected chi connectivity index (χ1v) is 13.9. The Morgan fingerprint density at radius 2 is 1.68 bits per heavy atom. The van der Waals surface area contributed by atoms with Crippen LogP contribution in [0.25, 0.3) is 16.6 Å². The van der Waals surface area contributed by atoms with Gasteiger partial charge in [0.05, 0.1) is 29.2 Å². The molecule has 0 N–H and O–H groups in total. The van der Waals surface area contributed by atoms with Crippen LogP contribution in [0.1, 0.15) is 89.6 Å². The molecule has 0 aliphatic heterocycles. The third-order valence-electron chi connectivity index (χ3n) is 7.07. The standard InChI is InChI=1S/C31H43N3O3/c1-5-8-9-10-11-12-17-29(35)33(22-23-37-4)28(7-3)30-32-27-16-14-13-15-26(27)31(36)34(30)25-20-18-24(6-2)19-21-25/h13-16,18-21,28H,5-12,17,22-23H2,1-4H3. The molecule has 0 spiro atoms. The van der Waals surface area contributed by atoms with E-state index in [2.05, 4.69) is 13.8 Å². The maximum Gasteiger partial charge on any atom is 0.266 e. The third kappa shape index (κ3) is 7.29. The summed E-state index contributed by atoms with van der Waals surface area (Å²) in [5.41, 5.74) is 2.51. The van der Waals surface area contributed by atoms with Crippen LogP contribution < -0.4 is 5.56 Å². The number of para-hydroxylation sites is 1. The van der Waals surface area contributed by atoms with Crippen LogP contribution in [0.4, 0.5) is 0 Å². The van der Waals surface area contributed by atoms with Crippen LogP contribution >= 0.6 is 0 Å². The van der Waals surface area contributed by atoms with Crippen LogP contribution in [0.3, 0.4) is 0 Å². The SMILES string of the molecule is CCCCCCCCC(=O)N(CCOC)C(CC)c1nc2ccccc2c(=O)n1-c1ccc(CC)cc1. The molecule has 1 aromatic heterocycles. The van der Waals surface area contributed by atoms with Crippen LogP contribution in [0.15, 0.2) is 53.3 Å². The second-order valence-corrected chi connectivity index (χ2v) is 9.67. The van der Waals surface area contributed by atoms with Gasteiger partial charge in [0.1, 0.15) is 5.82 Å². The highest BCUT2D eigenvalue weighted by atomic mass is 16.5. The summed E-state index contributed by atoms with van der Waals surface area (Å²) in [4.78, 5) is 34.2. The third-order valence-corrected chi connectivity index (χ3v) is 7.07. The van der Waals surface area contributed by atoms with E-state index in [-0.39, 0.29) is 17.5 Å². The molecule has 0 saturated carbocycles. The van der Waals surface area contributed by atoms with Crippen LogP contribution in [0.5, 0.6) is 0 Å². The van der Waals surface area contributed by atoms with Gasteiger partial charge < -0.3 is 9.64 Å². The lowest BCUT2D eigenvalue weighted by atomic mass is 10.1. The van der Waals surface area contributed by atoms with Gasteiger partial charge in [0, 0.05) is 20.1 Å². The number of unbranched alkanes of at least 4 members (excludes halogenated alkanes) is 5. The summed E-state index contributed by atoms with van der Waals surface area (Å²) >= 11 is 0. The van der Waals surface area contributed by atoms with Crippen molar-refractivity contribution in [3.05, 3.63) is 70.3 Å². The number of aromatic nitrogens is 2. The van der Waals surface area contributed by atoms with Gasteiger partial charge in [-0.2, -0.15) is 0 Å². The highest BCUT2D eigenvalue weighted by Gasteiger charge is 2.28. The largest absolute Gasteiger partial charge is 0.383 e. The first-order valence-electron chi connectivity index (χ1n) is 13.9. The van der Waals surface area contributed by atoms with Crippen LogP contribution in [-0.4, -0.2) is 40.6 Å². The number of carbonyl (C=O) groups is 1. The van der Waals surface area contributed by atoms with Crippen molar-refractivity contribution < 1.29 is 9.53 Å². The van der Waals surface area contributed by atoms with Crippen molar-refractivity contribution in [1.29, 1.82) is 0 Å². The smallest absolute Gasteiger partial charge is 0.266 e. The van der Waals surface area contributed by atoms with E-state index in [0.29, 0.717) is 42.7 Å². The number of methoxy groups -OCH3 is 1. The van der Waals surface area contributed by atoms with E-state index >= 15 is 0 Å². The topological polar surface area (TPSA) is 64.4 Å². The number of hydrogen-bond donors (Lipinski definition) is 0. The number of fused-ring (bicyclic) bond motifs is 1. The molecule has 0 saturated heterocycles. The highest BCUT2D eigenvalue weighted by Crippen LogP contribution is 2.27. The predicted octanol–water partition coefficient (Wildman–Crippen LogP) is 6.62. The number of rotatable bonds is 15. The number of hydrogen-bond acceptors (Lipinski definition) is 4. The van der Waals surface area contributed by atoms with E-state index in [1.165, 1.54) is 24.8 Å². The molecule has 0 aliphatic carbocycles. The molecule has 1 heterocycles. The monoisotopic (exact) mass is 505 g/mol. The van der Waals surface area contributed by atoms with Gasteiger partial charge in [-0.15, -0.1) is 0 Å². The molecule has 0 fully saturated rings. The maximum atomic E-state index is 13.8. The molecular weight excluding hydrogens is 462 g/mol. The van der Waals surface area contributed by atoms with Crippen molar-refractivity contribution in [1.82, 2.24) is 14.5 Å². The molecule has 1 atom stereocenters. The van der Waals surface area contributed by atoms with Gasteiger partial charge in [-0.3, -0.25) is 14.2 Å². The van der Waals surface area contributed by atoms with Gasteiger partial charge >= 0.3 is 0 Å². The number of aryl methyl sites for hydroxylation is 1. The van der Waals surface area contributed by atoms with E-state index in [1.807, 2.05) is 60.4 Å². The maximum absolute atomic E-state index is 13.8. The van der Waals surface area contributed by atoms with Gasteiger partial charge in [-0.25, -0.2) is 4.98 Å². The molecule has 3 aromatic rings. The number of ether oxygens (including phenoxy) is 1. The molecule has 37 heavy (non-hydrogen) atoms. The fourth-order valence-electron chi connectivity index (χ4n) is 4.89. The molecule has 200 valence electrons. The Morgan fingerprint density at radius 1 is 0.973 bits per heavy atom. The zero-order chi connectivity index (χ0) is 26.6. The minimum absolute atomic E-state index is 0.0923. The summed E-state index contributed by atoms with van der Waals surface area (Å²) in [5, 5.41) is 0.572. The number of carbonyl (C=O) groups excluding carboxylic acids is 1. The summed E-state index contributed by atoms with van der Waals surface area (Å²) in [6, 6.07) is 15.2. The molecule has 2 aromatic carbocycles. The molecule has 3 rings (SSSR count). The van der Waals surface area contributed by atoms with Gasteiger partial charge in [0.25, 0.3) is 5.56 Å². The Kier molecular flexibility index (Phi) is 11.3. The van der Waals surface area contributed by atoms with Gasteiger partial charge in [0.2, 0.25) is 5.91 Å². The lowest BCUT2D eigenvalue weighted by molar-refractivity contribution is -0.135. The zero-order valence-corrected chi connectivity index (χ0v) is 23.0. The van der Waals surface area contributed by atoms with E-state index in [9.17, 15) is 9.59 Å². The lowest BCUT2D eigenvalue weighted by Crippen LogP contribution is -2.40. The molecule has 6 heteroatoms. The molecule has 0 bridgehead atoms. The Balaban J connectivity index is 2.02. The molecule has 1 unspecified atom stereocenters. The molecule has 6 nitrogen and oxygen atoms in total. The van der Waals surface area contributed by atoms with Crippen LogP contribution in [-0.2, 0) is 16.0 Å². The van der Waals surface area contributed by atoms with E-state index in [1.54, 1.807) is 11.7 Å². The fourth-order valence-corrected chi connectivity index (χ4v) is 4.89. The summed E-state index contributed by atoms with van der Waals surface area (Å²) in [7, 11) is 1.65. The average Bonchev–Trinajstić information content (AvgIpc) is 2.93. The summed E-state index contributed by atoms with van der Waals surface area (Å²) < 4.78 is 7.08. The van der Waals surface area contributed by atoms with Gasteiger partial charge in [-0.1, -0.05) is 77.1 Å². The minimum atomic E-state index is -0.342. The van der Waals surface area contributed by atoms with E-state index in [4.69, 9.17) is 9.72 Å². The van der Waals surface area contributed by atoms with E-state index in [0.717, 1.165) is 31.4 Å². The highest BCUT2D eigenvalue weighted by molar-refractivity contribution is 5.79. The van der Waals surface area contributed by atoms with Crippen molar-refractivity contribution in [2.45, 2.75) is 84.6 Å². The van der Waals surface area contributed by atoms with Crippen molar-refractivity contribution in [2.24, 2.45) is 0 Å². The molecular formula is C31H43N3O3. The second-order valence-electron chi connectivity index (χ2n) is 9.67. The quantitative estimate of drug-likeness (QED) is 0.218. The lowest BCUT2D eigenvalue weighted by Gasteiger charge is -2.32. The van der Waals surface area contributed by atoms with Crippen molar-refractivity contribution in [2.75, 3.05) is 20.3 Å². The van der Waals surface area contributed by atoms with E-state index < -0.39 is 0 Å². The summed E-state index contributed by atoms with van der Waals surface area (Å²) in [6.07, 6.45) is 8.84. The predicted molar refractivity (Wildman–Crippen MR) is 151 cm³/mol. The number of benzene rings is 2. The fraction of sp³-hybridized carbons (Fsp3) is 0.516. The number of nitrogens with zero attached hydrogens (tertiary/aromatic N) is 3. The second kappa shape index (κ2) is 14.7. The van der Waals surface area contributed by atoms with Crippen LogP contribution in [0, 0.1) is 0 Å². The Bertz CT molecular complexity index is 1190. The van der Waals surface area contributed by atoms with Crippen LogP contribution in [0.2, 0.25) is 0 Å². The Hall–Kier alpha value is -2.99. The van der Waals surface area contributed by atoms with Gasteiger partial charge in [-0.05, 0) is 49.1 Å². The first kappa shape index (κ1) is 28.6. The first-order chi connectivity index (χ1) is 18.0. The number of amides is 1. The Morgan fingerprint density at radius 3 is 2.35 bits per heavy atom. The van der Waals surface area contributed by atoms with Crippen molar-refractivity contribution in [3.8, 4) is 5.69 Å². The molecule has 0 aliphatic rings. The molecule has 0 radical (unpaired) electrons. The Labute approximate surface area is 221 Å². The van der Waals surface area contributed by atoms with Crippen molar-refractivity contribution in [3.63, 3.8) is 0 Å². The van der Waals surface area contributed by atoms with Gasteiger partial charge in [0.15, 0.2) is 0 Å². The zero-order valence-electron chi connectivity index (χ0n) is 23.0. The molecule has 1 amide bonds. The van der Waals surface area contributed by atoms with Crippen molar-refractivity contribution >= 4 is 16.8 Å². The normalized spacial score (nSPS) is 12.1. The minimum Gasteiger partial charge on any atom is -0.383 e. The summed E-state index contributed by atoms with van der Waals surface area (Å²) in [6.45, 7) is 7.26. The summed E-state index contributed by atoms with van der Waals surface area (Å²) in [5.74, 6) is 0.692.